The lowest BCUT2D eigenvalue weighted by atomic mass is 10.1. The number of ether oxygens (including phenoxy) is 3. The average molecular weight is 432 g/mol. The van der Waals surface area contributed by atoms with Crippen LogP contribution < -0.4 is 14.8 Å². The number of morpholine rings is 1. The average Bonchev–Trinajstić information content (AvgIpc) is 2.79. The highest BCUT2D eigenvalue weighted by molar-refractivity contribution is 7.89. The second-order valence-electron chi connectivity index (χ2n) is 6.45. The summed E-state index contributed by atoms with van der Waals surface area (Å²) in [4.78, 5) is 12.6. The number of nitrogens with one attached hydrogen (secondary N) is 1. The van der Waals surface area contributed by atoms with Crippen LogP contribution in [-0.2, 0) is 14.8 Å². The van der Waals surface area contributed by atoms with Crippen LogP contribution in [0, 0.1) is 0 Å². The Morgan fingerprint density at radius 3 is 2.33 bits per heavy atom. The number of methoxy groups -OCH3 is 2. The van der Waals surface area contributed by atoms with Crippen molar-refractivity contribution in [2.24, 2.45) is 0 Å². The Hall–Kier alpha value is -2.88. The van der Waals surface area contributed by atoms with E-state index in [0.717, 1.165) is 0 Å². The van der Waals surface area contributed by atoms with Crippen LogP contribution in [0.3, 0.4) is 0 Å². The van der Waals surface area contributed by atoms with Crippen LogP contribution in [0.2, 0.25) is 0 Å². The molecule has 0 radical (unpaired) electrons. The molecule has 0 atom stereocenters. The van der Waals surface area contributed by atoms with Crippen molar-refractivity contribution in [1.29, 1.82) is 0 Å². The molecular formula is C21H24N2O6S. The molecular weight excluding hydrogens is 408 g/mol. The zero-order valence-electron chi connectivity index (χ0n) is 16.8. The van der Waals surface area contributed by atoms with Crippen molar-refractivity contribution >= 4 is 21.5 Å². The smallest absolute Gasteiger partial charge is 0.243 e. The van der Waals surface area contributed by atoms with Gasteiger partial charge in [0, 0.05) is 36.6 Å². The van der Waals surface area contributed by atoms with Gasteiger partial charge in [0.05, 0.1) is 32.3 Å². The minimum Gasteiger partial charge on any atom is -0.493 e. The van der Waals surface area contributed by atoms with E-state index in [-0.39, 0.29) is 10.7 Å². The van der Waals surface area contributed by atoms with E-state index in [9.17, 15) is 13.2 Å². The fourth-order valence-electron chi connectivity index (χ4n) is 2.96. The molecule has 2 aromatic carbocycles. The Morgan fingerprint density at radius 2 is 1.70 bits per heavy atom. The van der Waals surface area contributed by atoms with Crippen LogP contribution in [-0.4, -0.2) is 59.0 Å². The zero-order chi connectivity index (χ0) is 21.6. The molecule has 0 bridgehead atoms. The van der Waals surface area contributed by atoms with Crippen LogP contribution in [0.1, 0.15) is 10.4 Å². The fraction of sp³-hybridized carbons (Fsp3) is 0.286. The number of ketones is 1. The molecule has 30 heavy (non-hydrogen) atoms. The van der Waals surface area contributed by atoms with E-state index in [0.29, 0.717) is 49.1 Å². The third kappa shape index (κ3) is 4.99. The number of carbonyl (C=O) groups is 1. The molecule has 0 aliphatic carbocycles. The van der Waals surface area contributed by atoms with E-state index in [1.165, 1.54) is 42.9 Å². The van der Waals surface area contributed by atoms with E-state index in [2.05, 4.69) is 5.32 Å². The third-order valence-corrected chi connectivity index (χ3v) is 6.53. The SMILES string of the molecule is COc1ccc(C(=O)/C=C/Nc2ccc(S(=O)(=O)N3CCOCC3)cc2)cc1OC. The van der Waals surface area contributed by atoms with Crippen molar-refractivity contribution < 1.29 is 27.4 Å². The summed E-state index contributed by atoms with van der Waals surface area (Å²) in [5, 5.41) is 2.97. The molecule has 160 valence electrons. The van der Waals surface area contributed by atoms with Gasteiger partial charge in [-0.15, -0.1) is 0 Å². The highest BCUT2D eigenvalue weighted by Gasteiger charge is 2.26. The molecule has 0 saturated carbocycles. The number of hydrogen-bond acceptors (Lipinski definition) is 7. The van der Waals surface area contributed by atoms with E-state index < -0.39 is 10.0 Å². The van der Waals surface area contributed by atoms with Gasteiger partial charge in [-0.25, -0.2) is 8.42 Å². The van der Waals surface area contributed by atoms with Crippen molar-refractivity contribution in [3.8, 4) is 11.5 Å². The van der Waals surface area contributed by atoms with Gasteiger partial charge in [0.2, 0.25) is 10.0 Å². The van der Waals surface area contributed by atoms with Gasteiger partial charge < -0.3 is 19.5 Å². The first-order valence-corrected chi connectivity index (χ1v) is 10.8. The number of allylic oxidation sites excluding steroid dienone is 1. The third-order valence-electron chi connectivity index (χ3n) is 4.61. The van der Waals surface area contributed by atoms with Crippen LogP contribution in [0.25, 0.3) is 0 Å². The summed E-state index contributed by atoms with van der Waals surface area (Å²) in [6, 6.07) is 11.3. The standard InChI is InChI=1S/C21H24N2O6S/c1-27-20-8-3-16(15-21(20)28-2)19(24)9-10-22-17-4-6-18(7-5-17)30(25,26)23-11-13-29-14-12-23/h3-10,15,22H,11-14H2,1-2H3/b10-9+. The van der Waals surface area contributed by atoms with E-state index in [1.54, 1.807) is 30.3 Å². The molecule has 1 fully saturated rings. The Labute approximate surface area is 176 Å². The number of sulfonamides is 1. The van der Waals surface area contributed by atoms with Gasteiger partial charge in [0.25, 0.3) is 0 Å². The molecule has 0 amide bonds. The highest BCUT2D eigenvalue weighted by atomic mass is 32.2. The van der Waals surface area contributed by atoms with Crippen LogP contribution in [0.15, 0.2) is 59.6 Å². The van der Waals surface area contributed by atoms with Crippen LogP contribution >= 0.6 is 0 Å². The normalized spacial score (nSPS) is 15.1. The van der Waals surface area contributed by atoms with Crippen molar-refractivity contribution in [2.75, 3.05) is 45.8 Å². The highest BCUT2D eigenvalue weighted by Crippen LogP contribution is 2.27. The maximum absolute atomic E-state index is 12.6. The number of nitrogens with zero attached hydrogens (tertiary/aromatic N) is 1. The van der Waals surface area contributed by atoms with Crippen molar-refractivity contribution in [2.45, 2.75) is 4.90 Å². The first-order chi connectivity index (χ1) is 14.5. The van der Waals surface area contributed by atoms with E-state index in [4.69, 9.17) is 14.2 Å². The van der Waals surface area contributed by atoms with E-state index in [1.807, 2.05) is 0 Å². The quantitative estimate of drug-likeness (QED) is 0.506. The molecule has 3 rings (SSSR count). The van der Waals surface area contributed by atoms with Crippen LogP contribution in [0.5, 0.6) is 11.5 Å². The van der Waals surface area contributed by atoms with E-state index >= 15 is 0 Å². The van der Waals surface area contributed by atoms with Crippen molar-refractivity contribution in [3.05, 3.63) is 60.3 Å². The number of rotatable bonds is 8. The zero-order valence-corrected chi connectivity index (χ0v) is 17.6. The first-order valence-electron chi connectivity index (χ1n) is 9.33. The Kier molecular flexibility index (Phi) is 7.09. The maximum atomic E-state index is 12.6. The number of benzene rings is 2. The summed E-state index contributed by atoms with van der Waals surface area (Å²) in [6.07, 6.45) is 2.89. The predicted octanol–water partition coefficient (Wildman–Crippen LogP) is 2.53. The Balaban J connectivity index is 1.63. The molecule has 0 aromatic heterocycles. The molecule has 1 aliphatic rings. The minimum atomic E-state index is -3.53. The number of carbonyl (C=O) groups excluding carboxylic acids is 1. The second-order valence-corrected chi connectivity index (χ2v) is 8.39. The predicted molar refractivity (Wildman–Crippen MR) is 113 cm³/mol. The molecule has 0 spiro atoms. The molecule has 2 aromatic rings. The molecule has 1 heterocycles. The molecule has 1 aliphatic heterocycles. The number of anilines is 1. The summed E-state index contributed by atoms with van der Waals surface area (Å²) >= 11 is 0. The first kappa shape index (κ1) is 21.8. The summed E-state index contributed by atoms with van der Waals surface area (Å²) in [7, 11) is -0.495. The van der Waals surface area contributed by atoms with Gasteiger partial charge >= 0.3 is 0 Å². The molecule has 1 saturated heterocycles. The topological polar surface area (TPSA) is 94.2 Å². The second kappa shape index (κ2) is 9.75. The van der Waals surface area contributed by atoms with Gasteiger partial charge in [0.15, 0.2) is 17.3 Å². The summed E-state index contributed by atoms with van der Waals surface area (Å²) in [5.41, 5.74) is 1.12. The molecule has 0 unspecified atom stereocenters. The Morgan fingerprint density at radius 1 is 1.03 bits per heavy atom. The van der Waals surface area contributed by atoms with Gasteiger partial charge in [-0.2, -0.15) is 4.31 Å². The monoisotopic (exact) mass is 432 g/mol. The van der Waals surface area contributed by atoms with Gasteiger partial charge in [-0.05, 0) is 42.5 Å². The van der Waals surface area contributed by atoms with Gasteiger partial charge in [-0.1, -0.05) is 0 Å². The molecule has 1 N–H and O–H groups in total. The molecule has 8 nitrogen and oxygen atoms in total. The molecule has 9 heteroatoms. The lowest BCUT2D eigenvalue weighted by molar-refractivity contribution is 0.0730. The largest absolute Gasteiger partial charge is 0.493 e. The lowest BCUT2D eigenvalue weighted by Gasteiger charge is -2.26. The van der Waals surface area contributed by atoms with Crippen LogP contribution in [0.4, 0.5) is 5.69 Å². The lowest BCUT2D eigenvalue weighted by Crippen LogP contribution is -2.40. The summed E-state index contributed by atoms with van der Waals surface area (Å²) < 4.78 is 42.3. The fourth-order valence-corrected chi connectivity index (χ4v) is 4.37. The number of hydrogen-bond donors (Lipinski definition) is 1. The summed E-state index contributed by atoms with van der Waals surface area (Å²) in [5.74, 6) is 0.806. The van der Waals surface area contributed by atoms with Crippen molar-refractivity contribution in [3.63, 3.8) is 0 Å². The minimum absolute atomic E-state index is 0.213. The van der Waals surface area contributed by atoms with Crippen molar-refractivity contribution in [1.82, 2.24) is 4.31 Å². The Bertz CT molecular complexity index is 1010. The maximum Gasteiger partial charge on any atom is 0.243 e. The van der Waals surface area contributed by atoms with Gasteiger partial charge in [-0.3, -0.25) is 4.79 Å². The van der Waals surface area contributed by atoms with Gasteiger partial charge in [0.1, 0.15) is 0 Å². The summed E-state index contributed by atoms with van der Waals surface area (Å²) in [6.45, 7) is 1.50.